The molecule has 4 atom stereocenters. The van der Waals surface area contributed by atoms with Gasteiger partial charge in [-0.2, -0.15) is 11.8 Å². The second kappa shape index (κ2) is 22.2. The van der Waals surface area contributed by atoms with Gasteiger partial charge in [0.1, 0.15) is 24.3 Å². The number of halogens is 2. The molecule has 3 amide bonds. The molecular weight excluding hydrogens is 765 g/mol. The van der Waals surface area contributed by atoms with Crippen molar-refractivity contribution in [1.29, 1.82) is 0 Å². The maximum atomic E-state index is 15.0. The lowest BCUT2D eigenvalue weighted by atomic mass is 9.82. The van der Waals surface area contributed by atoms with E-state index in [2.05, 4.69) is 16.0 Å². The molecule has 57 heavy (non-hydrogen) atoms. The van der Waals surface area contributed by atoms with Crippen molar-refractivity contribution >= 4 is 41.4 Å². The molecule has 1 unspecified atom stereocenters. The zero-order valence-corrected chi connectivity index (χ0v) is 33.1. The van der Waals surface area contributed by atoms with E-state index in [-0.39, 0.29) is 56.9 Å². The molecule has 18 heteroatoms. The van der Waals surface area contributed by atoms with Crippen LogP contribution >= 0.6 is 11.8 Å². The summed E-state index contributed by atoms with van der Waals surface area (Å²) in [6, 6.07) is 11.4. The smallest absolute Gasteiger partial charge is 0.321 e. The molecule has 1 heterocycles. The van der Waals surface area contributed by atoms with Crippen LogP contribution in [0, 0.1) is 17.0 Å². The number of aliphatic carboxylic acids is 2. The number of rotatable bonds is 23. The second-order valence-corrected chi connectivity index (χ2v) is 15.9. The van der Waals surface area contributed by atoms with Gasteiger partial charge in [-0.05, 0) is 41.7 Å². The molecule has 0 saturated heterocycles. The van der Waals surface area contributed by atoms with E-state index in [0.717, 1.165) is 35.5 Å². The number of nitrogens with zero attached hydrogens (tertiary/aromatic N) is 2. The molecule has 0 saturated carbocycles. The summed E-state index contributed by atoms with van der Waals surface area (Å²) in [6.45, 7) is 5.20. The number of aliphatic hydroxyl groups is 1. The number of carbonyl (C=O) groups excluding carboxylic acids is 3. The first-order chi connectivity index (χ1) is 26.9. The largest absolute Gasteiger partial charge is 0.481 e. The normalized spacial score (nSPS) is 13.6. The maximum Gasteiger partial charge on any atom is 0.321 e. The molecule has 1 aromatic heterocycles. The molecule has 3 rings (SSSR count). The number of hydrogen-bond acceptors (Lipinski definition) is 10. The Morgan fingerprint density at radius 3 is 2.26 bits per heavy atom. The third kappa shape index (κ3) is 14.9. The summed E-state index contributed by atoms with van der Waals surface area (Å²) in [7, 11) is 0. The molecule has 3 aromatic rings. The quantitative estimate of drug-likeness (QED) is 0.0641. The van der Waals surface area contributed by atoms with Crippen LogP contribution in [-0.2, 0) is 30.5 Å². The number of aromatic nitrogens is 1. The molecule has 312 valence electrons. The standard InChI is InChI=1S/C39H53F2N7O8S/c1-39(2,3)36(32-15-25(28-16-26(40)9-10-29(28)41)21-47(32)20-24-7-5-4-6-8-24)48(34(51)22-49)14-11-30(42)37(54)46-13-12-45-33(50)19-44-18-27(17-35(52)53)57-23-31(43)38(55)56/h4-10,15-16,21,27,30-31,36,44,49H,11-14,17-20,22-23,42-43H2,1-3H3,(H,45,50)(H,46,54)(H,52,53)(H,55,56)/t27?,30-,31-,36-/m0/s1. The van der Waals surface area contributed by atoms with E-state index in [9.17, 15) is 33.5 Å². The van der Waals surface area contributed by atoms with E-state index in [0.29, 0.717) is 17.8 Å². The number of carbonyl (C=O) groups is 5. The predicted octanol–water partition coefficient (Wildman–Crippen LogP) is 1.92. The third-order valence-electron chi connectivity index (χ3n) is 8.89. The fraction of sp³-hybridized carbons (Fsp3) is 0.462. The van der Waals surface area contributed by atoms with E-state index >= 15 is 4.39 Å². The highest BCUT2D eigenvalue weighted by Gasteiger charge is 2.37. The average Bonchev–Trinajstić information content (AvgIpc) is 3.55. The summed E-state index contributed by atoms with van der Waals surface area (Å²) in [5.74, 6) is -5.12. The van der Waals surface area contributed by atoms with Gasteiger partial charge in [-0.3, -0.25) is 24.0 Å². The first-order valence-corrected chi connectivity index (χ1v) is 19.4. The van der Waals surface area contributed by atoms with Crippen molar-refractivity contribution in [3.8, 4) is 11.1 Å². The molecule has 0 spiro atoms. The maximum absolute atomic E-state index is 15.0. The Hall–Kier alpha value is -4.88. The summed E-state index contributed by atoms with van der Waals surface area (Å²) in [4.78, 5) is 62.3. The topological polar surface area (TPSA) is 242 Å². The van der Waals surface area contributed by atoms with Gasteiger partial charge in [-0.15, -0.1) is 0 Å². The van der Waals surface area contributed by atoms with Crippen LogP contribution < -0.4 is 27.4 Å². The molecule has 0 radical (unpaired) electrons. The van der Waals surface area contributed by atoms with Crippen molar-refractivity contribution in [2.75, 3.05) is 45.1 Å². The molecule has 15 nitrogen and oxygen atoms in total. The van der Waals surface area contributed by atoms with Crippen molar-refractivity contribution < 1.29 is 48.1 Å². The lowest BCUT2D eigenvalue weighted by molar-refractivity contribution is -0.140. The van der Waals surface area contributed by atoms with Gasteiger partial charge in [0.15, 0.2) is 0 Å². The highest BCUT2D eigenvalue weighted by Crippen LogP contribution is 2.41. The molecule has 10 N–H and O–H groups in total. The fourth-order valence-electron chi connectivity index (χ4n) is 6.13. The van der Waals surface area contributed by atoms with E-state index < -0.39 is 76.7 Å². The molecule has 0 bridgehead atoms. The predicted molar refractivity (Wildman–Crippen MR) is 212 cm³/mol. The van der Waals surface area contributed by atoms with Crippen molar-refractivity contribution in [1.82, 2.24) is 25.4 Å². The Bertz CT molecular complexity index is 1830. The SMILES string of the molecule is CC(C)(C)[C@H](c1cc(-c2cc(F)ccc2F)cn1Cc1ccccc1)N(CC[C@H](N)C(=O)NCCNC(=O)CNCC(CC(=O)O)SC[C@H](N)C(=O)O)C(=O)CO. The number of aliphatic hydroxyl groups excluding tert-OH is 1. The molecule has 0 fully saturated rings. The third-order valence-corrected chi connectivity index (χ3v) is 10.2. The van der Waals surface area contributed by atoms with Crippen LogP contribution in [0.25, 0.3) is 11.1 Å². The Morgan fingerprint density at radius 1 is 0.947 bits per heavy atom. The highest BCUT2D eigenvalue weighted by molar-refractivity contribution is 8.00. The van der Waals surface area contributed by atoms with Gasteiger partial charge >= 0.3 is 11.9 Å². The summed E-state index contributed by atoms with van der Waals surface area (Å²) in [5, 5.41) is 35.7. The van der Waals surface area contributed by atoms with Crippen molar-refractivity contribution in [2.45, 2.75) is 63.5 Å². The van der Waals surface area contributed by atoms with Crippen molar-refractivity contribution in [3.05, 3.63) is 83.7 Å². The number of benzene rings is 2. The molecule has 0 aliphatic carbocycles. The van der Waals surface area contributed by atoms with Crippen molar-refractivity contribution in [2.24, 2.45) is 16.9 Å². The van der Waals surface area contributed by atoms with E-state index in [1.165, 1.54) is 4.90 Å². The van der Waals surface area contributed by atoms with Gasteiger partial charge < -0.3 is 52.2 Å². The van der Waals surface area contributed by atoms with Crippen molar-refractivity contribution in [3.63, 3.8) is 0 Å². The van der Waals surface area contributed by atoms with Gasteiger partial charge in [0.05, 0.1) is 25.0 Å². The summed E-state index contributed by atoms with van der Waals surface area (Å²) in [5.41, 5.74) is 13.0. The second-order valence-electron chi connectivity index (χ2n) is 14.6. The van der Waals surface area contributed by atoms with Crippen LogP contribution in [0.3, 0.4) is 0 Å². The first-order valence-electron chi connectivity index (χ1n) is 18.3. The van der Waals surface area contributed by atoms with E-state index in [1.807, 2.05) is 55.7 Å². The fourth-order valence-corrected chi connectivity index (χ4v) is 7.25. The number of carboxylic acid groups (broad SMARTS) is 2. The number of hydrogen-bond donors (Lipinski definition) is 8. The van der Waals surface area contributed by atoms with Gasteiger partial charge in [-0.25, -0.2) is 8.78 Å². The summed E-state index contributed by atoms with van der Waals surface area (Å²) in [6.07, 6.45) is 1.43. The highest BCUT2D eigenvalue weighted by atomic mass is 32.2. The summed E-state index contributed by atoms with van der Waals surface area (Å²) < 4.78 is 31.2. The van der Waals surface area contributed by atoms with Gasteiger partial charge in [0.25, 0.3) is 0 Å². The Labute approximate surface area is 334 Å². The lowest BCUT2D eigenvalue weighted by Gasteiger charge is -2.41. The number of carboxylic acids is 2. The van der Waals surface area contributed by atoms with Crippen LogP contribution in [-0.4, -0.2) is 117 Å². The number of amides is 3. The lowest BCUT2D eigenvalue weighted by Crippen LogP contribution is -2.48. The first kappa shape index (κ1) is 46.5. The van der Waals surface area contributed by atoms with Crippen LogP contribution in [0.4, 0.5) is 8.78 Å². The summed E-state index contributed by atoms with van der Waals surface area (Å²) >= 11 is 1.08. The van der Waals surface area contributed by atoms with Crippen LogP contribution in [0.15, 0.2) is 60.8 Å². The zero-order chi connectivity index (χ0) is 42.3. The van der Waals surface area contributed by atoms with Gasteiger partial charge in [0.2, 0.25) is 17.7 Å². The molecule has 2 aromatic carbocycles. The van der Waals surface area contributed by atoms with Gasteiger partial charge in [-0.1, -0.05) is 51.1 Å². The number of nitrogens with one attached hydrogen (secondary N) is 3. The van der Waals surface area contributed by atoms with Crippen LogP contribution in [0.5, 0.6) is 0 Å². The minimum Gasteiger partial charge on any atom is -0.481 e. The molecular formula is C39H53F2N7O8S. The average molecular weight is 818 g/mol. The minimum absolute atomic E-state index is 0.0000255. The minimum atomic E-state index is -1.20. The van der Waals surface area contributed by atoms with Crippen LogP contribution in [0.2, 0.25) is 0 Å². The number of nitrogens with two attached hydrogens (primary N) is 2. The number of thioether (sulfide) groups is 1. The van der Waals surface area contributed by atoms with Gasteiger partial charge in [0, 0.05) is 66.7 Å². The Kier molecular flexibility index (Phi) is 18.1. The Morgan fingerprint density at radius 2 is 1.63 bits per heavy atom. The van der Waals surface area contributed by atoms with E-state index in [4.69, 9.17) is 21.7 Å². The monoisotopic (exact) mass is 817 g/mol. The zero-order valence-electron chi connectivity index (χ0n) is 32.3. The molecule has 0 aliphatic heterocycles. The van der Waals surface area contributed by atoms with E-state index in [1.54, 1.807) is 12.3 Å². The van der Waals surface area contributed by atoms with Crippen LogP contribution in [0.1, 0.15) is 50.9 Å². The molecule has 0 aliphatic rings. The Balaban J connectivity index is 1.66.